The molecule has 1 aromatic carbocycles. The molecule has 5 N–H and O–H groups in total. The van der Waals surface area contributed by atoms with Crippen LogP contribution >= 0.6 is 0 Å². The van der Waals surface area contributed by atoms with Gasteiger partial charge in [0.25, 0.3) is 11.8 Å². The van der Waals surface area contributed by atoms with Crippen LogP contribution in [0.25, 0.3) is 0 Å². The van der Waals surface area contributed by atoms with Crippen molar-refractivity contribution in [2.24, 2.45) is 0 Å². The lowest BCUT2D eigenvalue weighted by atomic mass is 10.0. The van der Waals surface area contributed by atoms with E-state index < -0.39 is 52.5 Å². The molecule has 0 radical (unpaired) electrons. The number of hydrogen-bond acceptors (Lipinski definition) is 7. The van der Waals surface area contributed by atoms with Crippen molar-refractivity contribution in [1.29, 1.82) is 0 Å². The molecule has 1 unspecified atom stereocenters. The van der Waals surface area contributed by atoms with Gasteiger partial charge in [-0.25, -0.2) is 9.59 Å². The Morgan fingerprint density at radius 2 is 1.81 bits per heavy atom. The van der Waals surface area contributed by atoms with Crippen molar-refractivity contribution in [2.45, 2.75) is 31.0 Å². The molecule has 0 aromatic heterocycles. The average molecular weight is 457 g/mol. The maximum atomic E-state index is 12.5. The predicted octanol–water partition coefficient (Wildman–Crippen LogP) is -0.854. The van der Waals surface area contributed by atoms with Crippen LogP contribution in [0, 0.1) is 0 Å². The van der Waals surface area contributed by atoms with E-state index >= 15 is 0 Å². The quantitative estimate of drug-likeness (QED) is 0.267. The number of hydrazine groups is 1. The zero-order valence-electron chi connectivity index (χ0n) is 15.8. The Balaban J connectivity index is 1.63. The Labute approximate surface area is 176 Å². The Morgan fingerprint density at radius 1 is 1.13 bits per heavy atom. The number of nitrogens with one attached hydrogen (secondary N) is 3. The molecule has 14 nitrogen and oxygen atoms in total. The molecule has 2 saturated heterocycles. The lowest BCUT2D eigenvalue weighted by Crippen LogP contribution is -2.55. The van der Waals surface area contributed by atoms with Crippen molar-refractivity contribution < 1.29 is 41.5 Å². The van der Waals surface area contributed by atoms with Gasteiger partial charge in [-0.2, -0.15) is 13.5 Å². The lowest BCUT2D eigenvalue weighted by Gasteiger charge is -2.29. The average Bonchev–Trinajstić information content (AvgIpc) is 2.94. The van der Waals surface area contributed by atoms with Gasteiger partial charge < -0.3 is 15.3 Å². The van der Waals surface area contributed by atoms with E-state index in [1.54, 1.807) is 18.2 Å². The summed E-state index contributed by atoms with van der Waals surface area (Å²) in [7, 11) is -4.92. The van der Waals surface area contributed by atoms with Crippen molar-refractivity contribution in [3.63, 3.8) is 0 Å². The first kappa shape index (κ1) is 22.3. The van der Waals surface area contributed by atoms with E-state index in [0.717, 1.165) is 4.90 Å². The van der Waals surface area contributed by atoms with Gasteiger partial charge >= 0.3 is 22.5 Å². The summed E-state index contributed by atoms with van der Waals surface area (Å²) in [5.74, 6) is -1.63. The van der Waals surface area contributed by atoms with Gasteiger partial charge in [-0.15, -0.1) is 4.28 Å². The first-order valence-corrected chi connectivity index (χ1v) is 10.3. The summed E-state index contributed by atoms with van der Waals surface area (Å²) >= 11 is 0. The Kier molecular flexibility index (Phi) is 6.28. The summed E-state index contributed by atoms with van der Waals surface area (Å²) in [6, 6.07) is 4.00. The van der Waals surface area contributed by atoms with Crippen LogP contribution < -0.4 is 16.2 Å². The molecule has 2 aliphatic rings. The minimum atomic E-state index is -4.92. The standard InChI is InChI=1S/C16H19N5O9S/c22-13(11-7-6-10-8-20(11)16(26)21(10)30-31(27,28)29)18-19-14(23)12(17-15(24)25)9-4-2-1-3-5-9/h1-5,10-12,17H,6-8H2,(H,18,22)(H,19,23)(H,24,25)(H,27,28,29)/t10-,11+,12?/m1/s1. The number of carboxylic acid groups (broad SMARTS) is 1. The van der Waals surface area contributed by atoms with Crippen LogP contribution in [-0.2, 0) is 24.3 Å². The number of hydroxylamine groups is 2. The third kappa shape index (κ3) is 5.19. The van der Waals surface area contributed by atoms with E-state index in [9.17, 15) is 27.6 Å². The third-order valence-electron chi connectivity index (χ3n) is 4.77. The van der Waals surface area contributed by atoms with Gasteiger partial charge in [0.2, 0.25) is 0 Å². The highest BCUT2D eigenvalue weighted by Gasteiger charge is 2.49. The molecule has 2 heterocycles. The molecule has 168 valence electrons. The minimum Gasteiger partial charge on any atom is -0.465 e. The molecule has 0 spiro atoms. The van der Waals surface area contributed by atoms with Crippen LogP contribution in [0.15, 0.2) is 30.3 Å². The summed E-state index contributed by atoms with van der Waals surface area (Å²) in [6.07, 6.45) is -1.11. The molecule has 0 saturated carbocycles. The molecular formula is C16H19N5O9S. The molecule has 5 amide bonds. The zero-order chi connectivity index (χ0) is 22.8. The van der Waals surface area contributed by atoms with Crippen LogP contribution in [0.3, 0.4) is 0 Å². The highest BCUT2D eigenvalue weighted by atomic mass is 32.3. The van der Waals surface area contributed by atoms with E-state index in [-0.39, 0.29) is 19.4 Å². The fourth-order valence-electron chi connectivity index (χ4n) is 3.45. The van der Waals surface area contributed by atoms with Crippen LogP contribution in [0.1, 0.15) is 24.4 Å². The lowest BCUT2D eigenvalue weighted by molar-refractivity contribution is -0.132. The largest absolute Gasteiger partial charge is 0.465 e. The molecule has 2 bridgehead atoms. The number of carbonyl (C=O) groups excluding carboxylic acids is 3. The maximum absolute atomic E-state index is 12.5. The fraction of sp³-hybridized carbons (Fsp3) is 0.375. The Morgan fingerprint density at radius 3 is 2.42 bits per heavy atom. The number of piperidine rings is 1. The van der Waals surface area contributed by atoms with Gasteiger partial charge in [-0.1, -0.05) is 30.3 Å². The SMILES string of the molecule is O=C(O)NC(C(=O)NNC(=O)[C@@H]1CC[C@@H]2CN1C(=O)N2OS(=O)(=O)O)c1ccccc1. The number of hydrogen-bond donors (Lipinski definition) is 5. The van der Waals surface area contributed by atoms with Crippen molar-refractivity contribution in [1.82, 2.24) is 26.1 Å². The van der Waals surface area contributed by atoms with E-state index in [1.165, 1.54) is 12.1 Å². The minimum absolute atomic E-state index is 0.0202. The molecule has 2 aliphatic heterocycles. The predicted molar refractivity (Wildman–Crippen MR) is 100 cm³/mol. The van der Waals surface area contributed by atoms with Crippen molar-refractivity contribution in [3.05, 3.63) is 35.9 Å². The molecule has 31 heavy (non-hydrogen) atoms. The molecule has 2 fully saturated rings. The van der Waals surface area contributed by atoms with Crippen molar-refractivity contribution >= 4 is 34.3 Å². The highest BCUT2D eigenvalue weighted by Crippen LogP contribution is 2.30. The number of rotatable bonds is 6. The molecule has 3 rings (SSSR count). The second-order valence-electron chi connectivity index (χ2n) is 6.78. The van der Waals surface area contributed by atoms with Crippen molar-refractivity contribution in [2.75, 3.05) is 6.54 Å². The first-order chi connectivity index (χ1) is 14.6. The summed E-state index contributed by atoms with van der Waals surface area (Å²) in [4.78, 5) is 49.4. The molecule has 1 aromatic rings. The summed E-state index contributed by atoms with van der Waals surface area (Å²) < 4.78 is 34.9. The monoisotopic (exact) mass is 457 g/mol. The van der Waals surface area contributed by atoms with Gasteiger partial charge in [-0.3, -0.25) is 25.0 Å². The van der Waals surface area contributed by atoms with Gasteiger partial charge in [0, 0.05) is 6.54 Å². The summed E-state index contributed by atoms with van der Waals surface area (Å²) in [5.41, 5.74) is 4.61. The van der Waals surface area contributed by atoms with E-state index in [2.05, 4.69) is 15.1 Å². The molecule has 0 aliphatic carbocycles. The fourth-order valence-corrected chi connectivity index (χ4v) is 3.84. The second-order valence-corrected chi connectivity index (χ2v) is 7.79. The second kappa shape index (κ2) is 8.75. The van der Waals surface area contributed by atoms with Crippen LogP contribution in [0.5, 0.6) is 0 Å². The summed E-state index contributed by atoms with van der Waals surface area (Å²) in [5, 5.41) is 11.5. The molecular weight excluding hydrogens is 438 g/mol. The van der Waals surface area contributed by atoms with Gasteiger partial charge in [0.1, 0.15) is 12.1 Å². The van der Waals surface area contributed by atoms with E-state index in [0.29, 0.717) is 10.6 Å². The van der Waals surface area contributed by atoms with Crippen LogP contribution in [0.2, 0.25) is 0 Å². The van der Waals surface area contributed by atoms with E-state index in [1.807, 2.05) is 5.32 Å². The van der Waals surface area contributed by atoms with Gasteiger partial charge in [0.05, 0.1) is 6.04 Å². The van der Waals surface area contributed by atoms with Gasteiger partial charge in [-0.05, 0) is 18.4 Å². The van der Waals surface area contributed by atoms with Crippen molar-refractivity contribution in [3.8, 4) is 0 Å². The number of urea groups is 1. The van der Waals surface area contributed by atoms with E-state index in [4.69, 9.17) is 9.66 Å². The van der Waals surface area contributed by atoms with Gasteiger partial charge in [0.15, 0.2) is 0 Å². The maximum Gasteiger partial charge on any atom is 0.418 e. The number of amides is 5. The first-order valence-electron chi connectivity index (χ1n) is 8.98. The summed E-state index contributed by atoms with van der Waals surface area (Å²) in [6.45, 7) is -0.0202. The highest BCUT2D eigenvalue weighted by molar-refractivity contribution is 7.80. The normalized spacial score (nSPS) is 21.4. The zero-order valence-corrected chi connectivity index (χ0v) is 16.6. The number of carbonyl (C=O) groups is 4. The number of nitrogens with zero attached hydrogens (tertiary/aromatic N) is 2. The van der Waals surface area contributed by atoms with Crippen LogP contribution in [-0.4, -0.2) is 70.6 Å². The Hall–Kier alpha value is -3.43. The third-order valence-corrected chi connectivity index (χ3v) is 5.12. The molecule has 15 heteroatoms. The Bertz CT molecular complexity index is 986. The number of benzene rings is 1. The van der Waals surface area contributed by atoms with Crippen LogP contribution in [0.4, 0.5) is 9.59 Å². The number of fused-ring (bicyclic) bond motifs is 2. The smallest absolute Gasteiger partial charge is 0.418 e. The molecule has 3 atom stereocenters. The topological polar surface area (TPSA) is 195 Å².